The predicted molar refractivity (Wildman–Crippen MR) is 131 cm³/mol. The number of aromatic nitrogens is 3. The van der Waals surface area contributed by atoms with E-state index in [1.165, 1.54) is 30.2 Å². The molecule has 1 saturated carbocycles. The van der Waals surface area contributed by atoms with Gasteiger partial charge in [-0.15, -0.1) is 10.2 Å². The van der Waals surface area contributed by atoms with E-state index in [-0.39, 0.29) is 11.3 Å². The summed E-state index contributed by atoms with van der Waals surface area (Å²) in [7, 11) is 0. The lowest BCUT2D eigenvalue weighted by atomic mass is 9.86. The largest absolute Gasteiger partial charge is 0.351 e. The Bertz CT molecular complexity index is 1030. The molecule has 1 aliphatic carbocycles. The molecule has 0 bridgehead atoms. The first-order chi connectivity index (χ1) is 15.4. The molecule has 5 nitrogen and oxygen atoms in total. The second-order valence-corrected chi connectivity index (χ2v) is 10.4. The van der Waals surface area contributed by atoms with Crippen LogP contribution >= 0.6 is 11.8 Å². The Morgan fingerprint density at radius 3 is 2.38 bits per heavy atom. The number of amides is 1. The average molecular weight is 449 g/mol. The van der Waals surface area contributed by atoms with Crippen LogP contribution in [-0.2, 0) is 16.8 Å². The van der Waals surface area contributed by atoms with E-state index in [2.05, 4.69) is 65.1 Å². The molecule has 3 aromatic rings. The zero-order chi connectivity index (χ0) is 22.6. The molecule has 0 atom stereocenters. The number of hydrogen-bond acceptors (Lipinski definition) is 4. The van der Waals surface area contributed by atoms with Gasteiger partial charge < -0.3 is 5.32 Å². The first-order valence-corrected chi connectivity index (χ1v) is 12.4. The minimum Gasteiger partial charge on any atom is -0.351 e. The van der Waals surface area contributed by atoms with Crippen molar-refractivity contribution < 1.29 is 4.79 Å². The van der Waals surface area contributed by atoms with Crippen LogP contribution in [0.4, 0.5) is 0 Å². The molecule has 0 radical (unpaired) electrons. The summed E-state index contributed by atoms with van der Waals surface area (Å²) in [5.74, 6) is 1.25. The average Bonchev–Trinajstić information content (AvgIpc) is 3.46. The van der Waals surface area contributed by atoms with Crippen LogP contribution in [-0.4, -0.2) is 26.4 Å². The van der Waals surface area contributed by atoms with Crippen LogP contribution in [0.1, 0.15) is 63.6 Å². The molecule has 0 saturated heterocycles. The summed E-state index contributed by atoms with van der Waals surface area (Å²) in [4.78, 5) is 12.4. The maximum Gasteiger partial charge on any atom is 0.230 e. The standard InChI is InChI=1S/C26H32N4OS/c1-26(2,3)21-15-13-20(14-16-21)24-28-29-25(30(24)22-11-7-8-12-22)32-18-23(31)27-17-19-9-5-4-6-10-19/h4-6,9-10,13-16,22H,7-8,11-12,17-18H2,1-3H3,(H,27,31). The topological polar surface area (TPSA) is 59.8 Å². The third-order valence-corrected chi connectivity index (χ3v) is 6.97. The molecular weight excluding hydrogens is 416 g/mol. The zero-order valence-corrected chi connectivity index (χ0v) is 20.0. The molecule has 32 heavy (non-hydrogen) atoms. The normalized spacial score (nSPS) is 14.6. The minimum atomic E-state index is 0.0101. The van der Waals surface area contributed by atoms with E-state index in [0.717, 1.165) is 34.9 Å². The van der Waals surface area contributed by atoms with Crippen molar-refractivity contribution in [2.45, 2.75) is 69.6 Å². The van der Waals surface area contributed by atoms with E-state index in [4.69, 9.17) is 0 Å². The van der Waals surface area contributed by atoms with Gasteiger partial charge >= 0.3 is 0 Å². The Morgan fingerprint density at radius 1 is 1.03 bits per heavy atom. The first kappa shape index (κ1) is 22.6. The van der Waals surface area contributed by atoms with Gasteiger partial charge in [0.1, 0.15) is 0 Å². The summed E-state index contributed by atoms with van der Waals surface area (Å²) in [6.45, 7) is 7.21. The van der Waals surface area contributed by atoms with Crippen molar-refractivity contribution in [2.75, 3.05) is 5.75 Å². The van der Waals surface area contributed by atoms with Gasteiger partial charge in [0.2, 0.25) is 5.91 Å². The fourth-order valence-electron chi connectivity index (χ4n) is 4.16. The van der Waals surface area contributed by atoms with Crippen LogP contribution in [0.15, 0.2) is 59.8 Å². The number of nitrogens with one attached hydrogen (secondary N) is 1. The lowest BCUT2D eigenvalue weighted by molar-refractivity contribution is -0.118. The Kier molecular flexibility index (Phi) is 6.99. The third-order valence-electron chi connectivity index (χ3n) is 6.03. The summed E-state index contributed by atoms with van der Waals surface area (Å²) >= 11 is 1.48. The van der Waals surface area contributed by atoms with Crippen LogP contribution in [0.2, 0.25) is 0 Å². The molecule has 1 heterocycles. The van der Waals surface area contributed by atoms with Gasteiger partial charge in [0, 0.05) is 18.2 Å². The highest BCUT2D eigenvalue weighted by Crippen LogP contribution is 2.37. The second-order valence-electron chi connectivity index (χ2n) is 9.49. The highest BCUT2D eigenvalue weighted by molar-refractivity contribution is 7.99. The van der Waals surface area contributed by atoms with Gasteiger partial charge in [0.25, 0.3) is 0 Å². The summed E-state index contributed by atoms with van der Waals surface area (Å²) < 4.78 is 2.27. The van der Waals surface area contributed by atoms with Crippen LogP contribution in [0, 0.1) is 0 Å². The molecule has 168 valence electrons. The number of carbonyl (C=O) groups excluding carboxylic acids is 1. The predicted octanol–water partition coefficient (Wildman–Crippen LogP) is 5.77. The van der Waals surface area contributed by atoms with Gasteiger partial charge in [0.15, 0.2) is 11.0 Å². The van der Waals surface area contributed by atoms with Crippen molar-refractivity contribution in [3.63, 3.8) is 0 Å². The van der Waals surface area contributed by atoms with E-state index in [0.29, 0.717) is 18.3 Å². The highest BCUT2D eigenvalue weighted by atomic mass is 32.2. The number of hydrogen-bond donors (Lipinski definition) is 1. The number of benzene rings is 2. The molecule has 1 aromatic heterocycles. The van der Waals surface area contributed by atoms with Crippen LogP contribution < -0.4 is 5.32 Å². The van der Waals surface area contributed by atoms with Crippen LogP contribution in [0.25, 0.3) is 11.4 Å². The summed E-state index contributed by atoms with van der Waals surface area (Å²) in [5.41, 5.74) is 3.60. The molecule has 2 aromatic carbocycles. The molecule has 1 N–H and O–H groups in total. The molecule has 1 aliphatic rings. The fraction of sp³-hybridized carbons (Fsp3) is 0.423. The lowest BCUT2D eigenvalue weighted by Crippen LogP contribution is -2.24. The van der Waals surface area contributed by atoms with Crippen molar-refractivity contribution in [1.82, 2.24) is 20.1 Å². The monoisotopic (exact) mass is 448 g/mol. The third kappa shape index (κ3) is 5.41. The van der Waals surface area contributed by atoms with Gasteiger partial charge in [0.05, 0.1) is 5.75 Å². The maximum absolute atomic E-state index is 12.4. The molecular formula is C26H32N4OS. The fourth-order valence-corrected chi connectivity index (χ4v) is 5.00. The second kappa shape index (κ2) is 9.90. The Morgan fingerprint density at radius 2 is 1.72 bits per heavy atom. The minimum absolute atomic E-state index is 0.0101. The number of nitrogens with zero attached hydrogens (tertiary/aromatic N) is 3. The molecule has 4 rings (SSSR count). The Labute approximate surface area is 195 Å². The quantitative estimate of drug-likeness (QED) is 0.466. The van der Waals surface area contributed by atoms with Crippen molar-refractivity contribution in [3.8, 4) is 11.4 Å². The van der Waals surface area contributed by atoms with E-state index in [1.54, 1.807) is 0 Å². The highest BCUT2D eigenvalue weighted by Gasteiger charge is 2.25. The number of carbonyl (C=O) groups is 1. The van der Waals surface area contributed by atoms with Crippen molar-refractivity contribution >= 4 is 17.7 Å². The van der Waals surface area contributed by atoms with E-state index < -0.39 is 0 Å². The smallest absolute Gasteiger partial charge is 0.230 e. The van der Waals surface area contributed by atoms with Gasteiger partial charge in [-0.1, -0.05) is 100.0 Å². The Balaban J connectivity index is 1.49. The van der Waals surface area contributed by atoms with Crippen LogP contribution in [0.5, 0.6) is 0 Å². The Hall–Kier alpha value is -2.60. The van der Waals surface area contributed by atoms with E-state index in [1.807, 2.05) is 30.3 Å². The summed E-state index contributed by atoms with van der Waals surface area (Å²) in [5, 5.41) is 12.9. The molecule has 0 spiro atoms. The van der Waals surface area contributed by atoms with Gasteiger partial charge in [-0.25, -0.2) is 0 Å². The number of thioether (sulfide) groups is 1. The SMILES string of the molecule is CC(C)(C)c1ccc(-c2nnc(SCC(=O)NCc3ccccc3)n2C2CCCC2)cc1. The lowest BCUT2D eigenvalue weighted by Gasteiger charge is -2.20. The number of rotatable bonds is 7. The van der Waals surface area contributed by atoms with Gasteiger partial charge in [-0.2, -0.15) is 0 Å². The zero-order valence-electron chi connectivity index (χ0n) is 19.2. The van der Waals surface area contributed by atoms with Crippen molar-refractivity contribution in [1.29, 1.82) is 0 Å². The van der Waals surface area contributed by atoms with Crippen LogP contribution in [0.3, 0.4) is 0 Å². The maximum atomic E-state index is 12.4. The summed E-state index contributed by atoms with van der Waals surface area (Å²) in [6.07, 6.45) is 4.73. The van der Waals surface area contributed by atoms with Gasteiger partial charge in [-0.3, -0.25) is 9.36 Å². The van der Waals surface area contributed by atoms with Gasteiger partial charge in [-0.05, 0) is 29.4 Å². The molecule has 0 unspecified atom stereocenters. The first-order valence-electron chi connectivity index (χ1n) is 11.4. The van der Waals surface area contributed by atoms with Crippen molar-refractivity contribution in [3.05, 3.63) is 65.7 Å². The molecule has 1 amide bonds. The van der Waals surface area contributed by atoms with Crippen molar-refractivity contribution in [2.24, 2.45) is 0 Å². The molecule has 0 aliphatic heterocycles. The molecule has 6 heteroatoms. The molecule has 1 fully saturated rings. The summed E-state index contributed by atoms with van der Waals surface area (Å²) in [6, 6.07) is 19.0. The van der Waals surface area contributed by atoms with E-state index >= 15 is 0 Å². The van der Waals surface area contributed by atoms with E-state index in [9.17, 15) is 4.79 Å².